The molecular formula is C16H25O2. The van der Waals surface area contributed by atoms with E-state index in [1.54, 1.807) is 0 Å². The summed E-state index contributed by atoms with van der Waals surface area (Å²) in [5.41, 5.74) is 0.479. The fourth-order valence-corrected chi connectivity index (χ4v) is 3.16. The topological polar surface area (TPSA) is 26.3 Å². The molecule has 2 aliphatic carbocycles. The summed E-state index contributed by atoms with van der Waals surface area (Å²) >= 11 is 0. The Morgan fingerprint density at radius 3 is 3.06 bits per heavy atom. The molecular weight excluding hydrogens is 224 g/mol. The van der Waals surface area contributed by atoms with Crippen LogP contribution in [0.3, 0.4) is 0 Å². The van der Waals surface area contributed by atoms with E-state index in [0.29, 0.717) is 18.4 Å². The molecule has 0 aliphatic heterocycles. The molecule has 2 nitrogen and oxygen atoms in total. The maximum atomic E-state index is 11.4. The molecule has 2 aliphatic rings. The molecule has 2 bridgehead atoms. The van der Waals surface area contributed by atoms with Crippen molar-refractivity contribution >= 4 is 5.97 Å². The van der Waals surface area contributed by atoms with Gasteiger partial charge in [0.05, 0.1) is 6.61 Å². The van der Waals surface area contributed by atoms with Crippen LogP contribution in [-0.4, -0.2) is 12.6 Å². The van der Waals surface area contributed by atoms with Gasteiger partial charge in [-0.2, -0.15) is 0 Å². The molecule has 2 heteroatoms. The second-order valence-electron chi connectivity index (χ2n) is 5.83. The van der Waals surface area contributed by atoms with Gasteiger partial charge in [-0.25, -0.2) is 0 Å². The minimum atomic E-state index is -0.0628. The second-order valence-corrected chi connectivity index (χ2v) is 5.83. The summed E-state index contributed by atoms with van der Waals surface area (Å²) < 4.78 is 5.13. The molecule has 0 amide bonds. The lowest BCUT2D eigenvalue weighted by Crippen LogP contribution is -2.12. The average molecular weight is 249 g/mol. The van der Waals surface area contributed by atoms with Crippen LogP contribution in [0.4, 0.5) is 0 Å². The molecule has 1 saturated carbocycles. The molecule has 0 aromatic heterocycles. The second kappa shape index (κ2) is 6.40. The van der Waals surface area contributed by atoms with E-state index in [9.17, 15) is 4.79 Å². The lowest BCUT2D eigenvalue weighted by molar-refractivity contribution is -0.143. The van der Waals surface area contributed by atoms with Gasteiger partial charge in [0.25, 0.3) is 0 Å². The third-order valence-corrected chi connectivity index (χ3v) is 4.32. The number of hydrogen-bond acceptors (Lipinski definition) is 2. The maximum Gasteiger partial charge on any atom is 0.306 e. The first-order valence-corrected chi connectivity index (χ1v) is 7.41. The van der Waals surface area contributed by atoms with Gasteiger partial charge >= 0.3 is 5.97 Å². The highest BCUT2D eigenvalue weighted by Gasteiger charge is 2.39. The highest BCUT2D eigenvalue weighted by molar-refractivity contribution is 5.70. The largest absolute Gasteiger partial charge is 0.466 e. The van der Waals surface area contributed by atoms with Crippen molar-refractivity contribution in [2.75, 3.05) is 6.61 Å². The van der Waals surface area contributed by atoms with Crippen LogP contribution in [-0.2, 0) is 9.53 Å². The molecule has 18 heavy (non-hydrogen) atoms. The molecule has 0 N–H and O–H groups in total. The number of unbranched alkanes of at least 4 members (excludes halogenated alkanes) is 2. The van der Waals surface area contributed by atoms with Crippen LogP contribution in [0.5, 0.6) is 0 Å². The Hall–Kier alpha value is -0.790. The zero-order valence-electron chi connectivity index (χ0n) is 11.5. The Bertz CT molecular complexity index is 308. The van der Waals surface area contributed by atoms with Gasteiger partial charge in [-0.3, -0.25) is 4.79 Å². The van der Waals surface area contributed by atoms with Crippen molar-refractivity contribution in [1.82, 2.24) is 0 Å². The van der Waals surface area contributed by atoms with E-state index in [1.807, 2.05) is 0 Å². The Morgan fingerprint density at radius 2 is 2.44 bits per heavy atom. The first-order valence-electron chi connectivity index (χ1n) is 7.41. The van der Waals surface area contributed by atoms with Gasteiger partial charge in [0.2, 0.25) is 0 Å². The predicted octanol–water partition coefficient (Wildman–Crippen LogP) is 4.06. The smallest absolute Gasteiger partial charge is 0.306 e. The number of fused-ring (bicyclic) bond motifs is 2. The quantitative estimate of drug-likeness (QED) is 0.368. The van der Waals surface area contributed by atoms with Gasteiger partial charge < -0.3 is 4.74 Å². The monoisotopic (exact) mass is 249 g/mol. The Morgan fingerprint density at radius 1 is 1.56 bits per heavy atom. The van der Waals surface area contributed by atoms with Gasteiger partial charge in [0, 0.05) is 6.42 Å². The minimum Gasteiger partial charge on any atom is -0.466 e. The van der Waals surface area contributed by atoms with E-state index < -0.39 is 0 Å². The van der Waals surface area contributed by atoms with Gasteiger partial charge in [-0.05, 0) is 56.3 Å². The van der Waals surface area contributed by atoms with E-state index in [2.05, 4.69) is 25.5 Å². The van der Waals surface area contributed by atoms with E-state index >= 15 is 0 Å². The molecule has 0 aromatic carbocycles. The number of carbonyl (C=O) groups excluding carboxylic acids is 1. The molecule has 0 heterocycles. The number of allylic oxidation sites excluding steroid dienone is 2. The van der Waals surface area contributed by atoms with Crippen molar-refractivity contribution in [2.24, 2.45) is 11.3 Å². The zero-order chi connectivity index (χ0) is 12.8. The summed E-state index contributed by atoms with van der Waals surface area (Å²) in [6, 6.07) is 0. The van der Waals surface area contributed by atoms with Crippen molar-refractivity contribution in [1.29, 1.82) is 0 Å². The number of hydrogen-bond donors (Lipinski definition) is 0. The standard InChI is InChI=1S/C16H25O2/c1-2-3-12-18-15(17)6-4-5-9-16-10-7-14(13-16)8-11-16/h4,7,10,14H,2-3,5-6,8-9,11-13H2,1H3. The maximum absolute atomic E-state index is 11.4. The molecule has 0 spiro atoms. The van der Waals surface area contributed by atoms with E-state index in [0.717, 1.165) is 25.2 Å². The van der Waals surface area contributed by atoms with Crippen LogP contribution in [0.25, 0.3) is 0 Å². The third-order valence-electron chi connectivity index (χ3n) is 4.32. The average Bonchev–Trinajstić information content (AvgIpc) is 2.96. The van der Waals surface area contributed by atoms with Crippen LogP contribution >= 0.6 is 0 Å². The molecule has 1 fully saturated rings. The van der Waals surface area contributed by atoms with Crippen molar-refractivity contribution in [3.05, 3.63) is 18.6 Å². The van der Waals surface area contributed by atoms with E-state index in [-0.39, 0.29) is 5.97 Å². The first-order chi connectivity index (χ1) is 8.74. The summed E-state index contributed by atoms with van der Waals surface area (Å²) in [4.78, 5) is 11.4. The third kappa shape index (κ3) is 3.60. The van der Waals surface area contributed by atoms with Crippen LogP contribution in [0.2, 0.25) is 0 Å². The fraction of sp³-hybridized carbons (Fsp3) is 0.750. The molecule has 2 atom stereocenters. The van der Waals surface area contributed by atoms with E-state index in [1.165, 1.54) is 25.7 Å². The summed E-state index contributed by atoms with van der Waals surface area (Å²) in [6.45, 7) is 2.68. The summed E-state index contributed by atoms with van der Waals surface area (Å²) in [5.74, 6) is 0.788. The van der Waals surface area contributed by atoms with Gasteiger partial charge in [-0.15, -0.1) is 0 Å². The lowest BCUT2D eigenvalue weighted by Gasteiger charge is -2.22. The fourth-order valence-electron chi connectivity index (χ4n) is 3.16. The SMILES string of the molecule is CCCCOC(=O)C[CH]CCC12C=CC(CC1)C2. The van der Waals surface area contributed by atoms with Crippen molar-refractivity contribution in [3.8, 4) is 0 Å². The van der Waals surface area contributed by atoms with Gasteiger partial charge in [-0.1, -0.05) is 25.5 Å². The van der Waals surface area contributed by atoms with Crippen LogP contribution in [0, 0.1) is 17.8 Å². The number of carbonyl (C=O) groups is 1. The molecule has 0 saturated heterocycles. The van der Waals surface area contributed by atoms with Crippen LogP contribution in [0.1, 0.15) is 58.3 Å². The Labute approximate surface area is 111 Å². The number of esters is 1. The van der Waals surface area contributed by atoms with Gasteiger partial charge in [0.1, 0.15) is 0 Å². The summed E-state index contributed by atoms with van der Waals surface area (Å²) in [5, 5.41) is 0. The van der Waals surface area contributed by atoms with Crippen molar-refractivity contribution in [3.63, 3.8) is 0 Å². The van der Waals surface area contributed by atoms with Crippen LogP contribution < -0.4 is 0 Å². The number of ether oxygens (including phenoxy) is 1. The Balaban J connectivity index is 1.53. The van der Waals surface area contributed by atoms with Crippen LogP contribution in [0.15, 0.2) is 12.2 Å². The van der Waals surface area contributed by atoms with E-state index in [4.69, 9.17) is 4.74 Å². The van der Waals surface area contributed by atoms with Crippen molar-refractivity contribution < 1.29 is 9.53 Å². The number of rotatable bonds is 8. The highest BCUT2D eigenvalue weighted by Crippen LogP contribution is 2.51. The normalized spacial score (nSPS) is 28.8. The molecule has 0 aromatic rings. The molecule has 2 rings (SSSR count). The van der Waals surface area contributed by atoms with Crippen molar-refractivity contribution in [2.45, 2.75) is 58.3 Å². The predicted molar refractivity (Wildman–Crippen MR) is 72.9 cm³/mol. The summed E-state index contributed by atoms with van der Waals surface area (Å²) in [7, 11) is 0. The first kappa shape index (κ1) is 13.6. The molecule has 101 valence electrons. The summed E-state index contributed by atoms with van der Waals surface area (Å²) in [6.07, 6.45) is 15.8. The zero-order valence-corrected chi connectivity index (χ0v) is 11.5. The molecule has 2 unspecified atom stereocenters. The Kier molecular flexibility index (Phi) is 4.85. The van der Waals surface area contributed by atoms with Gasteiger partial charge in [0.15, 0.2) is 0 Å². The minimum absolute atomic E-state index is 0.0628. The highest BCUT2D eigenvalue weighted by atomic mass is 16.5. The molecule has 1 radical (unpaired) electrons. The lowest BCUT2D eigenvalue weighted by atomic mass is 9.82.